The second-order valence-corrected chi connectivity index (χ2v) is 9.65. The Morgan fingerprint density at radius 2 is 2.00 bits per heavy atom. The molecule has 0 bridgehead atoms. The van der Waals surface area contributed by atoms with Crippen LogP contribution in [-0.4, -0.2) is 33.9 Å². The Bertz CT molecular complexity index is 1210. The number of carbonyl (C=O) groups is 1. The molecule has 8 nitrogen and oxygen atoms in total. The fourth-order valence-electron chi connectivity index (χ4n) is 3.77. The highest BCUT2D eigenvalue weighted by atomic mass is 35.5. The van der Waals surface area contributed by atoms with Crippen LogP contribution in [0, 0.1) is 0 Å². The first-order valence-corrected chi connectivity index (χ1v) is 11.8. The summed E-state index contributed by atoms with van der Waals surface area (Å²) < 4.78 is 0. The standard InChI is InChI=1S/C25H30ClN7O/c1-5-28-23(34)18-14-29-24(30-16-11-15-13-27-10-9-17(15)19(26)12-16)33-22(18)32-21-8-6-7-20(31-21)25(2,3)4/h6-8,11-12,14,27H,5,9-10,13H2,1-4H3,(H,28,34)(H2,29,30,31,32,33). The molecule has 3 aromatic rings. The molecule has 0 fully saturated rings. The van der Waals surface area contributed by atoms with E-state index in [1.807, 2.05) is 31.2 Å². The third-order valence-electron chi connectivity index (χ3n) is 5.55. The van der Waals surface area contributed by atoms with Crippen molar-refractivity contribution < 1.29 is 4.79 Å². The number of anilines is 4. The van der Waals surface area contributed by atoms with E-state index < -0.39 is 0 Å². The minimum absolute atomic E-state index is 0.112. The van der Waals surface area contributed by atoms with Crippen molar-refractivity contribution in [1.29, 1.82) is 0 Å². The van der Waals surface area contributed by atoms with Crippen molar-refractivity contribution in [2.45, 2.75) is 46.1 Å². The fourth-order valence-corrected chi connectivity index (χ4v) is 4.10. The molecule has 0 atom stereocenters. The number of hydrogen-bond donors (Lipinski definition) is 4. The molecule has 0 saturated carbocycles. The van der Waals surface area contributed by atoms with E-state index in [2.05, 4.69) is 58.1 Å². The van der Waals surface area contributed by atoms with Crippen LogP contribution in [0.4, 0.5) is 23.3 Å². The van der Waals surface area contributed by atoms with E-state index in [1.54, 1.807) is 0 Å². The van der Waals surface area contributed by atoms with Crippen LogP contribution in [0.2, 0.25) is 5.02 Å². The van der Waals surface area contributed by atoms with E-state index in [1.165, 1.54) is 11.8 Å². The van der Waals surface area contributed by atoms with Crippen LogP contribution in [-0.2, 0) is 18.4 Å². The monoisotopic (exact) mass is 479 g/mol. The quantitative estimate of drug-likeness (QED) is 0.406. The van der Waals surface area contributed by atoms with Gasteiger partial charge in [0.25, 0.3) is 5.91 Å². The summed E-state index contributed by atoms with van der Waals surface area (Å²) >= 11 is 6.52. The lowest BCUT2D eigenvalue weighted by molar-refractivity contribution is 0.0956. The second-order valence-electron chi connectivity index (χ2n) is 9.25. The van der Waals surface area contributed by atoms with Crippen molar-refractivity contribution in [2.75, 3.05) is 23.7 Å². The van der Waals surface area contributed by atoms with Crippen LogP contribution in [0.25, 0.3) is 0 Å². The topological polar surface area (TPSA) is 104 Å². The summed E-state index contributed by atoms with van der Waals surface area (Å²) in [6.07, 6.45) is 2.42. The number of nitrogens with zero attached hydrogens (tertiary/aromatic N) is 3. The van der Waals surface area contributed by atoms with Gasteiger partial charge in [0.05, 0.1) is 0 Å². The highest BCUT2D eigenvalue weighted by molar-refractivity contribution is 6.31. The molecule has 4 N–H and O–H groups in total. The average molecular weight is 480 g/mol. The summed E-state index contributed by atoms with van der Waals surface area (Å²) in [5, 5.41) is 13.3. The molecule has 0 saturated heterocycles. The number of halogens is 1. The van der Waals surface area contributed by atoms with Gasteiger partial charge in [0.1, 0.15) is 17.2 Å². The lowest BCUT2D eigenvalue weighted by Gasteiger charge is -2.20. The van der Waals surface area contributed by atoms with Gasteiger partial charge in [-0.15, -0.1) is 0 Å². The molecule has 2 aromatic heterocycles. The van der Waals surface area contributed by atoms with Crippen LogP contribution in [0.5, 0.6) is 0 Å². The summed E-state index contributed by atoms with van der Waals surface area (Å²) in [7, 11) is 0. The molecule has 0 aliphatic carbocycles. The van der Waals surface area contributed by atoms with Gasteiger partial charge in [-0.25, -0.2) is 9.97 Å². The largest absolute Gasteiger partial charge is 0.352 e. The van der Waals surface area contributed by atoms with Crippen LogP contribution in [0.15, 0.2) is 36.5 Å². The molecule has 0 unspecified atom stereocenters. The van der Waals surface area contributed by atoms with Crippen LogP contribution >= 0.6 is 11.6 Å². The maximum atomic E-state index is 12.7. The smallest absolute Gasteiger partial charge is 0.256 e. The Balaban J connectivity index is 1.66. The Hall–Kier alpha value is -3.23. The lowest BCUT2D eigenvalue weighted by Crippen LogP contribution is -2.24. The van der Waals surface area contributed by atoms with Gasteiger partial charge in [-0.05, 0) is 55.3 Å². The second kappa shape index (κ2) is 9.95. The van der Waals surface area contributed by atoms with Crippen LogP contribution < -0.4 is 21.3 Å². The third kappa shape index (κ3) is 5.46. The van der Waals surface area contributed by atoms with E-state index in [9.17, 15) is 4.79 Å². The summed E-state index contributed by atoms with van der Waals surface area (Å²) in [6.45, 7) is 10.4. The van der Waals surface area contributed by atoms with E-state index in [0.29, 0.717) is 29.7 Å². The summed E-state index contributed by atoms with van der Waals surface area (Å²) in [5.41, 5.74) is 4.27. The summed E-state index contributed by atoms with van der Waals surface area (Å²) in [4.78, 5) is 26.4. The van der Waals surface area contributed by atoms with Gasteiger partial charge < -0.3 is 21.3 Å². The van der Waals surface area contributed by atoms with Crippen LogP contribution in [0.1, 0.15) is 54.9 Å². The van der Waals surface area contributed by atoms with Crippen molar-refractivity contribution in [2.24, 2.45) is 0 Å². The Labute approximate surface area is 205 Å². The Kier molecular flexibility index (Phi) is 7.00. The number of nitrogens with one attached hydrogen (secondary N) is 4. The Morgan fingerprint density at radius 3 is 2.76 bits per heavy atom. The zero-order chi connectivity index (χ0) is 24.3. The molecule has 178 valence electrons. The lowest BCUT2D eigenvalue weighted by atomic mass is 9.92. The molecule has 1 amide bonds. The van der Waals surface area contributed by atoms with E-state index in [-0.39, 0.29) is 11.3 Å². The summed E-state index contributed by atoms with van der Waals surface area (Å²) in [5.74, 6) is 1.06. The first-order valence-electron chi connectivity index (χ1n) is 11.4. The Morgan fingerprint density at radius 1 is 1.18 bits per heavy atom. The van der Waals surface area contributed by atoms with Gasteiger partial charge in [0.15, 0.2) is 0 Å². The molecule has 3 heterocycles. The van der Waals surface area contributed by atoms with Gasteiger partial charge in [0.2, 0.25) is 5.95 Å². The average Bonchev–Trinajstić information content (AvgIpc) is 2.79. The highest BCUT2D eigenvalue weighted by Crippen LogP contribution is 2.29. The highest BCUT2D eigenvalue weighted by Gasteiger charge is 2.19. The first kappa shape index (κ1) is 23.9. The molecule has 1 aliphatic rings. The number of rotatable bonds is 6. The SMILES string of the molecule is CCNC(=O)c1cnc(Nc2cc(Cl)c3c(c2)CNCC3)nc1Nc1cccc(C(C)(C)C)n1. The summed E-state index contributed by atoms with van der Waals surface area (Å²) in [6, 6.07) is 9.70. The molecular formula is C25H30ClN7O. The molecule has 0 spiro atoms. The van der Waals surface area contributed by atoms with Gasteiger partial charge in [-0.1, -0.05) is 38.4 Å². The minimum Gasteiger partial charge on any atom is -0.352 e. The van der Waals surface area contributed by atoms with E-state index in [4.69, 9.17) is 16.6 Å². The normalized spacial score (nSPS) is 13.2. The van der Waals surface area contributed by atoms with Crippen molar-refractivity contribution in [3.63, 3.8) is 0 Å². The predicted molar refractivity (Wildman–Crippen MR) is 136 cm³/mol. The van der Waals surface area contributed by atoms with Crippen molar-refractivity contribution in [3.05, 3.63) is 63.9 Å². The molecular weight excluding hydrogens is 450 g/mol. The molecule has 9 heteroatoms. The first-order chi connectivity index (χ1) is 16.2. The number of hydrogen-bond acceptors (Lipinski definition) is 7. The van der Waals surface area contributed by atoms with Gasteiger partial charge >= 0.3 is 0 Å². The number of fused-ring (bicyclic) bond motifs is 1. The fraction of sp³-hybridized carbons (Fsp3) is 0.360. The molecule has 4 rings (SSSR count). The number of aromatic nitrogens is 3. The number of pyridine rings is 1. The number of benzene rings is 1. The maximum Gasteiger partial charge on any atom is 0.256 e. The van der Waals surface area contributed by atoms with Gasteiger partial charge in [0, 0.05) is 41.1 Å². The van der Waals surface area contributed by atoms with Gasteiger partial charge in [-0.3, -0.25) is 4.79 Å². The van der Waals surface area contributed by atoms with Gasteiger partial charge in [-0.2, -0.15) is 4.98 Å². The zero-order valence-electron chi connectivity index (χ0n) is 19.9. The maximum absolute atomic E-state index is 12.7. The van der Waals surface area contributed by atoms with Crippen LogP contribution in [0.3, 0.4) is 0 Å². The zero-order valence-corrected chi connectivity index (χ0v) is 20.7. The molecule has 1 aliphatic heterocycles. The molecule has 1 aromatic carbocycles. The number of amides is 1. The predicted octanol–water partition coefficient (Wildman–Crippen LogP) is 4.71. The van der Waals surface area contributed by atoms with Crippen molar-refractivity contribution in [3.8, 4) is 0 Å². The molecule has 34 heavy (non-hydrogen) atoms. The molecule has 0 radical (unpaired) electrons. The van der Waals surface area contributed by atoms with Crippen molar-refractivity contribution in [1.82, 2.24) is 25.6 Å². The minimum atomic E-state index is -0.258. The number of carbonyl (C=O) groups excluding carboxylic acids is 1. The van der Waals surface area contributed by atoms with Crippen molar-refractivity contribution >= 4 is 40.8 Å². The third-order valence-corrected chi connectivity index (χ3v) is 5.88. The van der Waals surface area contributed by atoms with E-state index in [0.717, 1.165) is 41.5 Å². The van der Waals surface area contributed by atoms with E-state index >= 15 is 0 Å².